The highest BCUT2D eigenvalue weighted by molar-refractivity contribution is 9.10. The number of benzene rings is 2. The Morgan fingerprint density at radius 1 is 1.16 bits per heavy atom. The van der Waals surface area contributed by atoms with Gasteiger partial charge in [-0.2, -0.15) is 0 Å². The highest BCUT2D eigenvalue weighted by atomic mass is 79.9. The molecule has 0 aliphatic carbocycles. The molecule has 0 bridgehead atoms. The summed E-state index contributed by atoms with van der Waals surface area (Å²) in [5.41, 5.74) is 0.659. The molecule has 0 saturated heterocycles. The van der Waals surface area contributed by atoms with Crippen LogP contribution in [0.2, 0.25) is 0 Å². The number of carbonyl (C=O) groups is 1. The van der Waals surface area contributed by atoms with Crippen LogP contribution in [0.25, 0.3) is 0 Å². The summed E-state index contributed by atoms with van der Waals surface area (Å²) in [6, 6.07) is 10.3. The number of anilines is 2. The lowest BCUT2D eigenvalue weighted by Gasteiger charge is -2.12. The van der Waals surface area contributed by atoms with Crippen molar-refractivity contribution in [2.45, 2.75) is 4.90 Å². The molecule has 0 heterocycles. The molecule has 0 aliphatic heterocycles. The first-order valence-electron chi connectivity index (χ1n) is 7.21. The predicted octanol–water partition coefficient (Wildman–Crippen LogP) is 2.89. The van der Waals surface area contributed by atoms with E-state index in [0.717, 1.165) is 4.31 Å². The number of nitrogens with one attached hydrogen (secondary N) is 2. The third-order valence-corrected chi connectivity index (χ3v) is 5.61. The highest BCUT2D eigenvalue weighted by Gasteiger charge is 2.16. The molecule has 134 valence electrons. The second-order valence-corrected chi connectivity index (χ2v) is 8.41. The van der Waals surface area contributed by atoms with Gasteiger partial charge in [-0.15, -0.1) is 0 Å². The van der Waals surface area contributed by atoms with Crippen molar-refractivity contribution >= 4 is 43.2 Å². The molecular formula is C16H17BrFN3O3S. The molecule has 25 heavy (non-hydrogen) atoms. The molecule has 2 aromatic carbocycles. The van der Waals surface area contributed by atoms with E-state index in [-0.39, 0.29) is 23.0 Å². The molecule has 0 aliphatic rings. The van der Waals surface area contributed by atoms with Gasteiger partial charge in [0.05, 0.1) is 17.1 Å². The maximum atomic E-state index is 13.7. The minimum Gasteiger partial charge on any atom is -0.374 e. The second-order valence-electron chi connectivity index (χ2n) is 5.34. The van der Waals surface area contributed by atoms with Crippen molar-refractivity contribution in [3.63, 3.8) is 0 Å². The number of nitrogens with zero attached hydrogens (tertiary/aromatic N) is 1. The van der Waals surface area contributed by atoms with Crippen LogP contribution in [-0.2, 0) is 14.8 Å². The fraction of sp³-hybridized carbons (Fsp3) is 0.188. The van der Waals surface area contributed by atoms with E-state index in [1.54, 1.807) is 6.07 Å². The first-order valence-corrected chi connectivity index (χ1v) is 9.45. The molecule has 0 fully saturated rings. The predicted molar refractivity (Wildman–Crippen MR) is 98.5 cm³/mol. The number of hydrogen-bond donors (Lipinski definition) is 2. The van der Waals surface area contributed by atoms with Crippen molar-refractivity contribution in [2.24, 2.45) is 0 Å². The largest absolute Gasteiger partial charge is 0.374 e. The van der Waals surface area contributed by atoms with Crippen LogP contribution in [0, 0.1) is 5.82 Å². The highest BCUT2D eigenvalue weighted by Crippen LogP contribution is 2.19. The van der Waals surface area contributed by atoms with Crippen LogP contribution in [0.3, 0.4) is 0 Å². The summed E-state index contributed by atoms with van der Waals surface area (Å²) >= 11 is 3.16. The standard InChI is InChI=1S/C16H17BrFN3O3S/c1-21(2)25(23,24)13-6-4-12(5-7-13)20-16(22)10-19-15-8-3-11(17)9-14(15)18/h3-9,19H,10H2,1-2H3,(H,20,22). The minimum atomic E-state index is -3.51. The summed E-state index contributed by atoms with van der Waals surface area (Å²) in [6.07, 6.45) is 0. The zero-order valence-corrected chi connectivity index (χ0v) is 16.0. The zero-order valence-electron chi connectivity index (χ0n) is 13.6. The molecule has 0 unspecified atom stereocenters. The first-order chi connectivity index (χ1) is 11.7. The Balaban J connectivity index is 1.97. The summed E-state index contributed by atoms with van der Waals surface area (Å²) in [6.45, 7) is -0.129. The third-order valence-electron chi connectivity index (χ3n) is 3.29. The zero-order chi connectivity index (χ0) is 18.6. The topological polar surface area (TPSA) is 78.5 Å². The quantitative estimate of drug-likeness (QED) is 0.739. The van der Waals surface area contributed by atoms with E-state index in [1.807, 2.05) is 0 Å². The van der Waals surface area contributed by atoms with E-state index in [0.29, 0.717) is 10.2 Å². The van der Waals surface area contributed by atoms with Crippen LogP contribution in [-0.4, -0.2) is 39.3 Å². The number of hydrogen-bond acceptors (Lipinski definition) is 4. The van der Waals surface area contributed by atoms with Crippen molar-refractivity contribution in [2.75, 3.05) is 31.3 Å². The maximum Gasteiger partial charge on any atom is 0.243 e. The van der Waals surface area contributed by atoms with Crippen LogP contribution in [0.15, 0.2) is 51.8 Å². The third kappa shape index (κ3) is 5.00. The van der Waals surface area contributed by atoms with Crippen LogP contribution in [0.1, 0.15) is 0 Å². The van der Waals surface area contributed by atoms with Crippen molar-refractivity contribution in [1.82, 2.24) is 4.31 Å². The van der Waals surface area contributed by atoms with E-state index in [4.69, 9.17) is 0 Å². The van der Waals surface area contributed by atoms with Gasteiger partial charge in [0.25, 0.3) is 0 Å². The Bertz CT molecular complexity index is 871. The Labute approximate surface area is 154 Å². The van der Waals surface area contributed by atoms with Gasteiger partial charge < -0.3 is 10.6 Å². The lowest BCUT2D eigenvalue weighted by Crippen LogP contribution is -2.23. The lowest BCUT2D eigenvalue weighted by molar-refractivity contribution is -0.114. The molecule has 0 spiro atoms. The Kier molecular flexibility index (Phi) is 6.15. The average Bonchev–Trinajstić information content (AvgIpc) is 2.54. The smallest absolute Gasteiger partial charge is 0.243 e. The number of sulfonamides is 1. The molecule has 0 aromatic heterocycles. The van der Waals surface area contributed by atoms with Gasteiger partial charge in [-0.05, 0) is 42.5 Å². The van der Waals surface area contributed by atoms with Gasteiger partial charge in [0.2, 0.25) is 15.9 Å². The van der Waals surface area contributed by atoms with Gasteiger partial charge in [0, 0.05) is 24.3 Å². The molecule has 0 saturated carbocycles. The van der Waals surface area contributed by atoms with E-state index in [1.165, 1.54) is 50.5 Å². The Hall–Kier alpha value is -1.97. The van der Waals surface area contributed by atoms with Gasteiger partial charge in [-0.3, -0.25) is 4.79 Å². The maximum absolute atomic E-state index is 13.7. The fourth-order valence-corrected chi connectivity index (χ4v) is 3.17. The van der Waals surface area contributed by atoms with Crippen LogP contribution in [0.4, 0.5) is 15.8 Å². The van der Waals surface area contributed by atoms with Crippen molar-refractivity contribution in [1.29, 1.82) is 0 Å². The normalized spacial score (nSPS) is 11.4. The van der Waals surface area contributed by atoms with Gasteiger partial charge in [-0.25, -0.2) is 17.1 Å². The molecule has 2 N–H and O–H groups in total. The van der Waals surface area contributed by atoms with Crippen LogP contribution in [0.5, 0.6) is 0 Å². The lowest BCUT2D eigenvalue weighted by atomic mass is 10.3. The van der Waals surface area contributed by atoms with Crippen LogP contribution < -0.4 is 10.6 Å². The van der Waals surface area contributed by atoms with Crippen molar-refractivity contribution < 1.29 is 17.6 Å². The number of halogens is 2. The summed E-state index contributed by atoms with van der Waals surface area (Å²) in [4.78, 5) is 12.1. The summed E-state index contributed by atoms with van der Waals surface area (Å²) < 4.78 is 39.3. The number of amides is 1. The van der Waals surface area contributed by atoms with Gasteiger partial charge in [-0.1, -0.05) is 15.9 Å². The molecule has 9 heteroatoms. The van der Waals surface area contributed by atoms with Crippen molar-refractivity contribution in [3.8, 4) is 0 Å². The summed E-state index contributed by atoms with van der Waals surface area (Å²) in [5, 5.41) is 5.31. The molecule has 2 rings (SSSR count). The van der Waals surface area contributed by atoms with Gasteiger partial charge >= 0.3 is 0 Å². The van der Waals surface area contributed by atoms with E-state index in [2.05, 4.69) is 26.6 Å². The number of carbonyl (C=O) groups excluding carboxylic acids is 1. The molecule has 0 radical (unpaired) electrons. The Morgan fingerprint density at radius 2 is 1.80 bits per heavy atom. The summed E-state index contributed by atoms with van der Waals surface area (Å²) in [5.74, 6) is -0.856. The molecular weight excluding hydrogens is 413 g/mol. The van der Waals surface area contributed by atoms with Crippen molar-refractivity contribution in [3.05, 3.63) is 52.8 Å². The molecule has 2 aromatic rings. The second kappa shape index (κ2) is 7.94. The Morgan fingerprint density at radius 3 is 2.36 bits per heavy atom. The van der Waals surface area contributed by atoms with Gasteiger partial charge in [0.1, 0.15) is 5.82 Å². The van der Waals surface area contributed by atoms with E-state index in [9.17, 15) is 17.6 Å². The van der Waals surface area contributed by atoms with Crippen LogP contribution >= 0.6 is 15.9 Å². The average molecular weight is 430 g/mol. The van der Waals surface area contributed by atoms with E-state index >= 15 is 0 Å². The first kappa shape index (κ1) is 19.4. The SMILES string of the molecule is CN(C)S(=O)(=O)c1ccc(NC(=O)CNc2ccc(Br)cc2F)cc1. The fourth-order valence-electron chi connectivity index (χ4n) is 1.93. The van der Waals surface area contributed by atoms with Gasteiger partial charge in [0.15, 0.2) is 0 Å². The molecule has 6 nitrogen and oxygen atoms in total. The molecule has 0 atom stereocenters. The number of rotatable bonds is 6. The molecule has 1 amide bonds. The monoisotopic (exact) mass is 429 g/mol. The minimum absolute atomic E-state index is 0.129. The summed E-state index contributed by atoms with van der Waals surface area (Å²) in [7, 11) is -0.629. The van der Waals surface area contributed by atoms with E-state index < -0.39 is 15.8 Å².